The average molecular weight is 583 g/mol. The Morgan fingerprint density at radius 1 is 0.907 bits per heavy atom. The van der Waals surface area contributed by atoms with Crippen LogP contribution >= 0.6 is 0 Å². The molecule has 2 aromatic rings. The lowest BCUT2D eigenvalue weighted by Crippen LogP contribution is -2.62. The molecule has 1 N–H and O–H groups in total. The fraction of sp³-hybridized carbons (Fsp3) is 0.625. The first-order valence-corrected chi connectivity index (χ1v) is 17.3. The molecule has 11 atom stereocenters. The van der Waals surface area contributed by atoms with E-state index in [4.69, 9.17) is 4.74 Å². The summed E-state index contributed by atoms with van der Waals surface area (Å²) in [6.45, 7) is 11.4. The van der Waals surface area contributed by atoms with Crippen LogP contribution in [0.25, 0.3) is 5.57 Å². The molecule has 4 aliphatic carbocycles. The number of allylic oxidation sites excluding steroid dienone is 1. The Bertz CT molecular complexity index is 1240. The first kappa shape index (κ1) is 30.6. The number of ether oxygens (including phenoxy) is 1. The first-order valence-electron chi connectivity index (χ1n) is 17.3. The molecule has 4 unspecified atom stereocenters. The summed E-state index contributed by atoms with van der Waals surface area (Å²) in [6.07, 6.45) is 12.4. The summed E-state index contributed by atoms with van der Waals surface area (Å²) in [5, 5.41) is 12.2. The van der Waals surface area contributed by atoms with E-state index in [1.807, 2.05) is 0 Å². The topological polar surface area (TPSA) is 46.5 Å². The Labute approximate surface area is 260 Å². The molecule has 6 rings (SSSR count). The zero-order valence-corrected chi connectivity index (χ0v) is 27.2. The number of carbonyl (C=O) groups is 1. The van der Waals surface area contributed by atoms with Gasteiger partial charge in [0.2, 0.25) is 0 Å². The monoisotopic (exact) mass is 582 g/mol. The molecule has 43 heavy (non-hydrogen) atoms. The lowest BCUT2D eigenvalue weighted by Gasteiger charge is -2.64. The van der Waals surface area contributed by atoms with E-state index < -0.39 is 0 Å². The van der Waals surface area contributed by atoms with Crippen LogP contribution in [0.4, 0.5) is 0 Å². The van der Waals surface area contributed by atoms with E-state index in [9.17, 15) is 9.90 Å². The van der Waals surface area contributed by atoms with Crippen molar-refractivity contribution in [1.29, 1.82) is 0 Å². The number of hydrogen-bond donors (Lipinski definition) is 1. The van der Waals surface area contributed by atoms with Crippen molar-refractivity contribution in [2.45, 2.75) is 105 Å². The molecule has 4 fully saturated rings. The van der Waals surface area contributed by atoms with E-state index in [1.54, 1.807) is 0 Å². The van der Waals surface area contributed by atoms with E-state index in [1.165, 1.54) is 49.3 Å². The molecule has 0 amide bonds. The number of aliphatic hydroxyl groups excluding tert-OH is 1. The number of hydrogen-bond acceptors (Lipinski definition) is 3. The zero-order chi connectivity index (χ0) is 30.4. The highest BCUT2D eigenvalue weighted by Crippen LogP contribution is 2.69. The summed E-state index contributed by atoms with van der Waals surface area (Å²) in [5.41, 5.74) is 4.44. The number of aliphatic hydroxyl groups is 1. The van der Waals surface area contributed by atoms with Crippen LogP contribution in [0.15, 0.2) is 66.7 Å². The summed E-state index contributed by atoms with van der Waals surface area (Å²) < 4.78 is 5.75. The zero-order valence-electron chi connectivity index (χ0n) is 27.2. The Kier molecular flexibility index (Phi) is 8.68. The molecule has 3 nitrogen and oxygen atoms in total. The van der Waals surface area contributed by atoms with Crippen LogP contribution in [0.2, 0.25) is 0 Å². The predicted octanol–water partition coefficient (Wildman–Crippen LogP) is 9.34. The molecule has 4 saturated carbocycles. The maximum atomic E-state index is 12.2. The summed E-state index contributed by atoms with van der Waals surface area (Å²) >= 11 is 0. The fourth-order valence-corrected chi connectivity index (χ4v) is 11.4. The van der Waals surface area contributed by atoms with Gasteiger partial charge >= 0.3 is 5.97 Å². The maximum Gasteiger partial charge on any atom is 0.302 e. The van der Waals surface area contributed by atoms with Crippen molar-refractivity contribution >= 4 is 11.5 Å². The van der Waals surface area contributed by atoms with Crippen molar-refractivity contribution < 1.29 is 14.6 Å². The highest BCUT2D eigenvalue weighted by molar-refractivity contribution is 5.79. The molecule has 2 aromatic carbocycles. The van der Waals surface area contributed by atoms with Gasteiger partial charge in [-0.3, -0.25) is 4.79 Å². The molecule has 3 heteroatoms. The number of benzene rings is 2. The SMILES string of the molecule is CC[C@H]1[C@@H](O)[C@H]2C3CCC([C@H](C)CC=C(c4ccccc4)c4ccccc4)[C@@]3(C)CCC2[C@@]2(C)CCC(OC(C)=O)C[C@@H]12. The van der Waals surface area contributed by atoms with Gasteiger partial charge in [0.1, 0.15) is 6.10 Å². The standard InChI is InChI=1S/C40H54O3/c1-6-31-36-25-30(43-27(3)41)21-23-40(36,5)35-22-24-39(4)33(19-20-34(39)37(35)38(31)42)26(2)17-18-32(28-13-9-7-10-14-28)29-15-11-8-12-16-29/h7-16,18,26,30-31,33-38,42H,6,17,19-25H2,1-5H3/t26-,30?,31-,33?,34?,35?,36+,37+,38-,39-,40-/m1/s1. The third-order valence-electron chi connectivity index (χ3n) is 13.3. The van der Waals surface area contributed by atoms with Gasteiger partial charge in [-0.15, -0.1) is 0 Å². The third-order valence-corrected chi connectivity index (χ3v) is 13.3. The molecule has 0 saturated heterocycles. The average Bonchev–Trinajstić information content (AvgIpc) is 3.36. The second-order valence-electron chi connectivity index (χ2n) is 15.3. The van der Waals surface area contributed by atoms with Crippen LogP contribution in [-0.4, -0.2) is 23.3 Å². The summed E-state index contributed by atoms with van der Waals surface area (Å²) in [5.74, 6) is 3.41. The van der Waals surface area contributed by atoms with E-state index in [0.29, 0.717) is 41.4 Å². The number of fused-ring (bicyclic) bond motifs is 5. The number of rotatable bonds is 7. The van der Waals surface area contributed by atoms with Crippen molar-refractivity contribution in [1.82, 2.24) is 0 Å². The van der Waals surface area contributed by atoms with Crippen molar-refractivity contribution in [3.63, 3.8) is 0 Å². The number of carbonyl (C=O) groups excluding carboxylic acids is 1. The lowest BCUT2D eigenvalue weighted by atomic mass is 9.41. The minimum atomic E-state index is -0.245. The Morgan fingerprint density at radius 3 is 2.12 bits per heavy atom. The van der Waals surface area contributed by atoms with Crippen LogP contribution in [0.3, 0.4) is 0 Å². The Morgan fingerprint density at radius 2 is 1.51 bits per heavy atom. The summed E-state index contributed by atoms with van der Waals surface area (Å²) in [4.78, 5) is 11.8. The first-order chi connectivity index (χ1) is 20.7. The molecule has 232 valence electrons. The van der Waals surface area contributed by atoms with E-state index in [0.717, 1.165) is 32.1 Å². The van der Waals surface area contributed by atoms with Gasteiger partial charge in [0.15, 0.2) is 0 Å². The molecule has 4 aliphatic rings. The van der Waals surface area contributed by atoms with Crippen molar-refractivity contribution in [2.75, 3.05) is 0 Å². The van der Waals surface area contributed by atoms with E-state index in [-0.39, 0.29) is 29.0 Å². The van der Waals surface area contributed by atoms with Crippen LogP contribution in [0.1, 0.15) is 104 Å². The second kappa shape index (κ2) is 12.2. The highest BCUT2D eigenvalue weighted by Gasteiger charge is 2.65. The molecule has 0 aromatic heterocycles. The van der Waals surface area contributed by atoms with E-state index in [2.05, 4.69) is 94.4 Å². The summed E-state index contributed by atoms with van der Waals surface area (Å²) in [6, 6.07) is 21.7. The van der Waals surface area contributed by atoms with Crippen LogP contribution in [0, 0.1) is 52.3 Å². The van der Waals surface area contributed by atoms with Crippen LogP contribution in [-0.2, 0) is 9.53 Å². The van der Waals surface area contributed by atoms with Gasteiger partial charge in [-0.25, -0.2) is 0 Å². The molecule has 0 aliphatic heterocycles. The maximum absolute atomic E-state index is 12.2. The van der Waals surface area contributed by atoms with Gasteiger partial charge in [-0.1, -0.05) is 101 Å². The smallest absolute Gasteiger partial charge is 0.302 e. The van der Waals surface area contributed by atoms with Gasteiger partial charge in [0, 0.05) is 6.92 Å². The van der Waals surface area contributed by atoms with Gasteiger partial charge in [-0.05, 0) is 120 Å². The molecular formula is C40H54O3. The largest absolute Gasteiger partial charge is 0.463 e. The molecular weight excluding hydrogens is 528 g/mol. The number of esters is 1. The summed E-state index contributed by atoms with van der Waals surface area (Å²) in [7, 11) is 0. The van der Waals surface area contributed by atoms with Crippen molar-refractivity contribution in [3.8, 4) is 0 Å². The Balaban J connectivity index is 1.24. The highest BCUT2D eigenvalue weighted by atomic mass is 16.5. The minimum absolute atomic E-state index is 0.0173. The second-order valence-corrected chi connectivity index (χ2v) is 15.3. The lowest BCUT2D eigenvalue weighted by molar-refractivity contribution is -0.207. The molecule has 0 radical (unpaired) electrons. The normalized spacial score (nSPS) is 39.1. The van der Waals surface area contributed by atoms with Crippen molar-refractivity contribution in [2.24, 2.45) is 52.3 Å². The van der Waals surface area contributed by atoms with Gasteiger partial charge < -0.3 is 9.84 Å². The van der Waals surface area contributed by atoms with Crippen LogP contribution in [0.5, 0.6) is 0 Å². The Hall–Kier alpha value is -2.39. The molecule has 0 heterocycles. The fourth-order valence-electron chi connectivity index (χ4n) is 11.4. The van der Waals surface area contributed by atoms with Gasteiger partial charge in [0.25, 0.3) is 0 Å². The van der Waals surface area contributed by atoms with Crippen LogP contribution < -0.4 is 0 Å². The minimum Gasteiger partial charge on any atom is -0.463 e. The van der Waals surface area contributed by atoms with Crippen molar-refractivity contribution in [3.05, 3.63) is 77.9 Å². The molecule has 0 spiro atoms. The predicted molar refractivity (Wildman–Crippen MR) is 175 cm³/mol. The van der Waals surface area contributed by atoms with Gasteiger partial charge in [-0.2, -0.15) is 0 Å². The quantitative estimate of drug-likeness (QED) is 0.331. The molecule has 0 bridgehead atoms. The third kappa shape index (κ3) is 5.43. The van der Waals surface area contributed by atoms with Gasteiger partial charge in [0.05, 0.1) is 6.10 Å². The van der Waals surface area contributed by atoms with E-state index >= 15 is 0 Å².